The lowest BCUT2D eigenvalue weighted by Crippen LogP contribution is -2.14. The first-order valence-electron chi connectivity index (χ1n) is 6.75. The monoisotopic (exact) mass is 277 g/mol. The molecule has 1 N–H and O–H groups in total. The van der Waals surface area contributed by atoms with E-state index in [0.717, 1.165) is 22.3 Å². The van der Waals surface area contributed by atoms with Gasteiger partial charge in [-0.3, -0.25) is 9.78 Å². The molecular formula is C17H15N3O. The Morgan fingerprint density at radius 1 is 0.952 bits per heavy atom. The zero-order chi connectivity index (χ0) is 14.8. The van der Waals surface area contributed by atoms with Gasteiger partial charge in [0.25, 0.3) is 5.91 Å². The van der Waals surface area contributed by atoms with E-state index in [2.05, 4.69) is 15.3 Å². The molecule has 4 nitrogen and oxygen atoms in total. The molecule has 21 heavy (non-hydrogen) atoms. The first kappa shape index (κ1) is 13.2. The summed E-state index contributed by atoms with van der Waals surface area (Å²) < 4.78 is 0. The van der Waals surface area contributed by atoms with Crippen molar-refractivity contribution in [1.82, 2.24) is 9.97 Å². The lowest BCUT2D eigenvalue weighted by molar-refractivity contribution is 0.102. The summed E-state index contributed by atoms with van der Waals surface area (Å²) in [6.07, 6.45) is 0. The normalized spacial score (nSPS) is 10.6. The fraction of sp³-hybridized carbons (Fsp3) is 0.118. The molecule has 2 heterocycles. The molecule has 0 unspecified atom stereocenters. The molecule has 0 aliphatic heterocycles. The first-order valence-corrected chi connectivity index (χ1v) is 6.75. The maximum Gasteiger partial charge on any atom is 0.274 e. The Bertz CT molecular complexity index is 827. The van der Waals surface area contributed by atoms with Crippen molar-refractivity contribution in [2.75, 3.05) is 5.32 Å². The van der Waals surface area contributed by atoms with Crippen LogP contribution in [0.2, 0.25) is 0 Å². The second kappa shape index (κ2) is 5.32. The average molecular weight is 277 g/mol. The van der Waals surface area contributed by atoms with Crippen molar-refractivity contribution in [3.63, 3.8) is 0 Å². The van der Waals surface area contributed by atoms with E-state index in [1.54, 1.807) is 6.07 Å². The quantitative estimate of drug-likeness (QED) is 0.780. The molecule has 0 aliphatic carbocycles. The third-order valence-electron chi connectivity index (χ3n) is 3.30. The Hall–Kier alpha value is -2.75. The van der Waals surface area contributed by atoms with Crippen molar-refractivity contribution in [2.24, 2.45) is 0 Å². The van der Waals surface area contributed by atoms with Gasteiger partial charge in [-0.25, -0.2) is 4.98 Å². The molecule has 0 aliphatic rings. The SMILES string of the molecule is Cc1ccc(NC(=O)c2ccc3ccccc3n2)c(C)n1. The minimum atomic E-state index is -0.227. The van der Waals surface area contributed by atoms with Gasteiger partial charge in [0.15, 0.2) is 0 Å². The van der Waals surface area contributed by atoms with Gasteiger partial charge in [-0.15, -0.1) is 0 Å². The highest BCUT2D eigenvalue weighted by Crippen LogP contribution is 2.15. The van der Waals surface area contributed by atoms with Gasteiger partial charge in [0.2, 0.25) is 0 Å². The third kappa shape index (κ3) is 2.74. The van der Waals surface area contributed by atoms with Crippen molar-refractivity contribution < 1.29 is 4.79 Å². The van der Waals surface area contributed by atoms with Crippen LogP contribution in [0.5, 0.6) is 0 Å². The summed E-state index contributed by atoms with van der Waals surface area (Å²) in [4.78, 5) is 21.0. The van der Waals surface area contributed by atoms with Crippen LogP contribution in [0.1, 0.15) is 21.9 Å². The van der Waals surface area contributed by atoms with Gasteiger partial charge in [0, 0.05) is 11.1 Å². The summed E-state index contributed by atoms with van der Waals surface area (Å²) in [6.45, 7) is 3.79. The Balaban J connectivity index is 1.89. The second-order valence-corrected chi connectivity index (χ2v) is 4.93. The van der Waals surface area contributed by atoms with E-state index in [1.165, 1.54) is 0 Å². The number of carbonyl (C=O) groups excluding carboxylic acids is 1. The molecule has 2 aromatic heterocycles. The number of nitrogens with zero attached hydrogens (tertiary/aromatic N) is 2. The van der Waals surface area contributed by atoms with Crippen molar-refractivity contribution in [3.05, 3.63) is 65.6 Å². The molecule has 4 heteroatoms. The molecule has 0 fully saturated rings. The van der Waals surface area contributed by atoms with Crippen LogP contribution in [0.4, 0.5) is 5.69 Å². The van der Waals surface area contributed by atoms with E-state index in [0.29, 0.717) is 11.4 Å². The van der Waals surface area contributed by atoms with E-state index in [1.807, 2.05) is 56.3 Å². The Kier molecular flexibility index (Phi) is 3.36. The van der Waals surface area contributed by atoms with Gasteiger partial charge >= 0.3 is 0 Å². The Labute approximate surface area is 122 Å². The Morgan fingerprint density at radius 2 is 1.76 bits per heavy atom. The van der Waals surface area contributed by atoms with Gasteiger partial charge in [-0.05, 0) is 38.1 Å². The standard InChI is InChI=1S/C17H15N3O/c1-11-7-9-14(12(2)18-11)20-17(21)16-10-8-13-5-3-4-6-15(13)19-16/h3-10H,1-2H3,(H,20,21). The molecular weight excluding hydrogens is 262 g/mol. The fourth-order valence-electron chi connectivity index (χ4n) is 2.20. The molecule has 0 saturated carbocycles. The largest absolute Gasteiger partial charge is 0.319 e. The van der Waals surface area contributed by atoms with Gasteiger partial charge < -0.3 is 5.32 Å². The van der Waals surface area contributed by atoms with E-state index < -0.39 is 0 Å². The predicted molar refractivity (Wildman–Crippen MR) is 83.4 cm³/mol. The molecule has 0 bridgehead atoms. The number of hydrogen-bond acceptors (Lipinski definition) is 3. The highest BCUT2D eigenvalue weighted by atomic mass is 16.1. The van der Waals surface area contributed by atoms with E-state index in [4.69, 9.17) is 0 Å². The van der Waals surface area contributed by atoms with Crippen LogP contribution in [0.15, 0.2) is 48.5 Å². The summed E-state index contributed by atoms with van der Waals surface area (Å²) >= 11 is 0. The fourth-order valence-corrected chi connectivity index (χ4v) is 2.20. The van der Waals surface area contributed by atoms with Crippen LogP contribution in [0, 0.1) is 13.8 Å². The number of carbonyl (C=O) groups is 1. The zero-order valence-corrected chi connectivity index (χ0v) is 11.9. The number of amides is 1. The van der Waals surface area contributed by atoms with E-state index >= 15 is 0 Å². The van der Waals surface area contributed by atoms with Gasteiger partial charge in [-0.1, -0.05) is 24.3 Å². The van der Waals surface area contributed by atoms with Crippen LogP contribution >= 0.6 is 0 Å². The molecule has 1 aromatic carbocycles. The highest BCUT2D eigenvalue weighted by molar-refractivity contribution is 6.04. The van der Waals surface area contributed by atoms with Crippen molar-refractivity contribution in [2.45, 2.75) is 13.8 Å². The summed E-state index contributed by atoms with van der Waals surface area (Å²) in [6, 6.07) is 15.1. The number of fused-ring (bicyclic) bond motifs is 1. The molecule has 0 spiro atoms. The molecule has 3 aromatic rings. The lowest BCUT2D eigenvalue weighted by atomic mass is 10.2. The van der Waals surface area contributed by atoms with Gasteiger partial charge in [-0.2, -0.15) is 0 Å². The number of hydrogen-bond donors (Lipinski definition) is 1. The number of nitrogens with one attached hydrogen (secondary N) is 1. The molecule has 0 atom stereocenters. The zero-order valence-electron chi connectivity index (χ0n) is 11.9. The highest BCUT2D eigenvalue weighted by Gasteiger charge is 2.10. The molecule has 1 amide bonds. The number of para-hydroxylation sites is 1. The maximum absolute atomic E-state index is 12.3. The molecule has 104 valence electrons. The van der Waals surface area contributed by atoms with Gasteiger partial charge in [0.05, 0.1) is 16.9 Å². The van der Waals surface area contributed by atoms with Crippen LogP contribution in [0.3, 0.4) is 0 Å². The van der Waals surface area contributed by atoms with Crippen LogP contribution < -0.4 is 5.32 Å². The maximum atomic E-state index is 12.3. The topological polar surface area (TPSA) is 54.9 Å². The van der Waals surface area contributed by atoms with Crippen molar-refractivity contribution >= 4 is 22.5 Å². The summed E-state index contributed by atoms with van der Waals surface area (Å²) in [5.74, 6) is -0.227. The molecule has 3 rings (SSSR count). The minimum absolute atomic E-state index is 0.227. The minimum Gasteiger partial charge on any atom is -0.319 e. The van der Waals surface area contributed by atoms with E-state index in [9.17, 15) is 4.79 Å². The number of benzene rings is 1. The molecule has 0 saturated heterocycles. The Morgan fingerprint density at radius 3 is 2.57 bits per heavy atom. The lowest BCUT2D eigenvalue weighted by Gasteiger charge is -2.08. The predicted octanol–water partition coefficient (Wildman–Crippen LogP) is 3.50. The molecule has 0 radical (unpaired) electrons. The van der Waals surface area contributed by atoms with Crippen molar-refractivity contribution in [1.29, 1.82) is 0 Å². The first-order chi connectivity index (χ1) is 10.1. The number of aryl methyl sites for hydroxylation is 2. The second-order valence-electron chi connectivity index (χ2n) is 4.93. The number of rotatable bonds is 2. The summed E-state index contributed by atoms with van der Waals surface area (Å²) in [5.41, 5.74) is 3.64. The number of pyridine rings is 2. The average Bonchev–Trinajstić information content (AvgIpc) is 2.49. The number of anilines is 1. The van der Waals surface area contributed by atoms with Gasteiger partial charge in [0.1, 0.15) is 5.69 Å². The third-order valence-corrected chi connectivity index (χ3v) is 3.30. The van der Waals surface area contributed by atoms with Crippen LogP contribution in [-0.4, -0.2) is 15.9 Å². The summed E-state index contributed by atoms with van der Waals surface area (Å²) in [7, 11) is 0. The van der Waals surface area contributed by atoms with Crippen molar-refractivity contribution in [3.8, 4) is 0 Å². The van der Waals surface area contributed by atoms with Crippen LogP contribution in [0.25, 0.3) is 10.9 Å². The summed E-state index contributed by atoms with van der Waals surface area (Å²) in [5, 5.41) is 3.87. The smallest absolute Gasteiger partial charge is 0.274 e. The number of aromatic nitrogens is 2. The van der Waals surface area contributed by atoms with Crippen LogP contribution in [-0.2, 0) is 0 Å². The van der Waals surface area contributed by atoms with E-state index in [-0.39, 0.29) is 5.91 Å².